The molecule has 0 N–H and O–H groups in total. The van der Waals surface area contributed by atoms with Gasteiger partial charge in [-0.1, -0.05) is 0 Å². The minimum atomic E-state index is 0.139. The third-order valence-corrected chi connectivity index (χ3v) is 6.18. The fraction of sp³-hybridized carbons (Fsp3) is 0.478. The van der Waals surface area contributed by atoms with Crippen molar-refractivity contribution < 1.29 is 28.4 Å². The van der Waals surface area contributed by atoms with Gasteiger partial charge < -0.3 is 28.4 Å². The monoisotopic (exact) mass is 400 g/mol. The Morgan fingerprint density at radius 1 is 0.724 bits per heavy atom. The van der Waals surface area contributed by atoms with E-state index in [4.69, 9.17) is 28.4 Å². The Morgan fingerprint density at radius 3 is 1.93 bits per heavy atom. The Hall–Kier alpha value is -2.60. The summed E-state index contributed by atoms with van der Waals surface area (Å²) >= 11 is 0. The molecule has 0 aromatic heterocycles. The highest BCUT2D eigenvalue weighted by atomic mass is 16.5. The summed E-state index contributed by atoms with van der Waals surface area (Å²) in [7, 11) is 8.25. The van der Waals surface area contributed by atoms with Crippen molar-refractivity contribution in [3.05, 3.63) is 41.0 Å². The third kappa shape index (κ3) is 3.25. The zero-order chi connectivity index (χ0) is 20.5. The largest absolute Gasteiger partial charge is 0.493 e. The minimum absolute atomic E-state index is 0.139. The molecule has 0 bridgehead atoms. The number of methoxy groups -OCH3 is 5. The highest BCUT2D eigenvalue weighted by molar-refractivity contribution is 5.58. The van der Waals surface area contributed by atoms with E-state index in [-0.39, 0.29) is 5.92 Å². The fourth-order valence-electron chi connectivity index (χ4n) is 4.82. The fourth-order valence-corrected chi connectivity index (χ4v) is 4.82. The van der Waals surface area contributed by atoms with Gasteiger partial charge in [0.25, 0.3) is 0 Å². The molecule has 1 aliphatic heterocycles. The second kappa shape index (κ2) is 8.03. The molecule has 0 amide bonds. The van der Waals surface area contributed by atoms with Crippen molar-refractivity contribution in [2.24, 2.45) is 11.8 Å². The lowest BCUT2D eigenvalue weighted by molar-refractivity contribution is 0.179. The molecule has 1 saturated heterocycles. The lowest BCUT2D eigenvalue weighted by Crippen LogP contribution is -2.29. The van der Waals surface area contributed by atoms with Crippen molar-refractivity contribution in [3.63, 3.8) is 0 Å². The first-order valence-electron chi connectivity index (χ1n) is 9.77. The standard InChI is InChI=1S/C23H28O6/c1-24-18-7-13-6-15-11-29-12-17(15)22(16(13)10-19(18)25-2)14-8-20(26-3)23(28-5)21(9-14)27-4/h7-10,15,17,22H,6,11-12H2,1-5H3/t15-,17-,22?/m0/s1. The molecule has 0 spiro atoms. The normalized spacial score (nSPS) is 22.4. The molecular formula is C23H28O6. The first-order chi connectivity index (χ1) is 14.1. The van der Waals surface area contributed by atoms with Crippen LogP contribution in [0.25, 0.3) is 0 Å². The van der Waals surface area contributed by atoms with E-state index < -0.39 is 0 Å². The molecule has 1 aliphatic carbocycles. The van der Waals surface area contributed by atoms with E-state index in [1.165, 1.54) is 11.1 Å². The van der Waals surface area contributed by atoms with E-state index in [0.717, 1.165) is 36.7 Å². The van der Waals surface area contributed by atoms with Crippen LogP contribution in [0, 0.1) is 11.8 Å². The number of ether oxygens (including phenoxy) is 6. The molecule has 4 rings (SSSR count). The van der Waals surface area contributed by atoms with Gasteiger partial charge in [-0.25, -0.2) is 0 Å². The number of rotatable bonds is 6. The van der Waals surface area contributed by atoms with Gasteiger partial charge in [-0.05, 0) is 59.2 Å². The highest BCUT2D eigenvalue weighted by Gasteiger charge is 2.42. The van der Waals surface area contributed by atoms with E-state index in [2.05, 4.69) is 12.1 Å². The summed E-state index contributed by atoms with van der Waals surface area (Å²) in [5, 5.41) is 0. The van der Waals surface area contributed by atoms with Crippen molar-refractivity contribution in [2.45, 2.75) is 12.3 Å². The average molecular weight is 400 g/mol. The summed E-state index contributed by atoms with van der Waals surface area (Å²) in [5.41, 5.74) is 3.63. The lowest BCUT2D eigenvalue weighted by atomic mass is 9.68. The van der Waals surface area contributed by atoms with Crippen molar-refractivity contribution in [3.8, 4) is 28.7 Å². The molecule has 0 saturated carbocycles. The average Bonchev–Trinajstić information content (AvgIpc) is 3.23. The molecule has 6 nitrogen and oxygen atoms in total. The van der Waals surface area contributed by atoms with Gasteiger partial charge in [0, 0.05) is 5.92 Å². The molecule has 1 heterocycles. The molecule has 156 valence electrons. The van der Waals surface area contributed by atoms with Crippen LogP contribution in [0.1, 0.15) is 22.6 Å². The van der Waals surface area contributed by atoms with Crippen LogP contribution in [-0.4, -0.2) is 48.8 Å². The zero-order valence-electron chi connectivity index (χ0n) is 17.6. The molecule has 29 heavy (non-hydrogen) atoms. The maximum absolute atomic E-state index is 5.90. The predicted molar refractivity (Wildman–Crippen MR) is 109 cm³/mol. The summed E-state index contributed by atoms with van der Waals surface area (Å²) in [6.07, 6.45) is 0.973. The number of benzene rings is 2. The Bertz CT molecular complexity index is 868. The van der Waals surface area contributed by atoms with Gasteiger partial charge in [0.05, 0.1) is 48.8 Å². The molecular weight excluding hydrogens is 372 g/mol. The van der Waals surface area contributed by atoms with Gasteiger partial charge in [-0.15, -0.1) is 0 Å². The second-order valence-corrected chi connectivity index (χ2v) is 7.51. The molecule has 2 aromatic rings. The SMILES string of the molecule is COc1cc2c(cc1OC)C(c1cc(OC)c(OC)c(OC)c1)[C@H]1COC[C@@H]1C2. The quantitative estimate of drug-likeness (QED) is 0.737. The van der Waals surface area contributed by atoms with Gasteiger partial charge in [-0.3, -0.25) is 0 Å². The highest BCUT2D eigenvalue weighted by Crippen LogP contribution is 2.51. The molecule has 3 atom stereocenters. The lowest BCUT2D eigenvalue weighted by Gasteiger charge is -2.36. The van der Waals surface area contributed by atoms with Crippen LogP contribution in [0.5, 0.6) is 28.7 Å². The van der Waals surface area contributed by atoms with Crippen molar-refractivity contribution >= 4 is 0 Å². The molecule has 1 fully saturated rings. The van der Waals surface area contributed by atoms with Gasteiger partial charge in [0.2, 0.25) is 5.75 Å². The van der Waals surface area contributed by atoms with Gasteiger partial charge >= 0.3 is 0 Å². The zero-order valence-corrected chi connectivity index (χ0v) is 17.6. The molecule has 2 aliphatic rings. The Labute approximate surface area is 171 Å². The van der Waals surface area contributed by atoms with Crippen molar-refractivity contribution in [1.29, 1.82) is 0 Å². The van der Waals surface area contributed by atoms with Gasteiger partial charge in [-0.2, -0.15) is 0 Å². The topological polar surface area (TPSA) is 55.4 Å². The predicted octanol–water partition coefficient (Wildman–Crippen LogP) is 3.68. The summed E-state index contributed by atoms with van der Waals surface area (Å²) in [5.74, 6) is 4.39. The van der Waals surface area contributed by atoms with E-state index >= 15 is 0 Å². The van der Waals surface area contributed by atoms with Crippen molar-refractivity contribution in [1.82, 2.24) is 0 Å². The van der Waals surface area contributed by atoms with Gasteiger partial charge in [0.1, 0.15) is 0 Å². The number of hydrogen-bond donors (Lipinski definition) is 0. The van der Waals surface area contributed by atoms with Crippen LogP contribution in [0.3, 0.4) is 0 Å². The first-order valence-corrected chi connectivity index (χ1v) is 9.77. The van der Waals surface area contributed by atoms with Crippen molar-refractivity contribution in [2.75, 3.05) is 48.8 Å². The van der Waals surface area contributed by atoms with Gasteiger partial charge in [0.15, 0.2) is 23.0 Å². The first kappa shape index (κ1) is 19.7. The molecule has 2 aromatic carbocycles. The Kier molecular flexibility index (Phi) is 5.46. The molecule has 6 heteroatoms. The smallest absolute Gasteiger partial charge is 0.203 e. The summed E-state index contributed by atoms with van der Waals surface area (Å²) in [6.45, 7) is 1.51. The Balaban J connectivity index is 1.91. The number of fused-ring (bicyclic) bond motifs is 2. The number of hydrogen-bond acceptors (Lipinski definition) is 6. The van der Waals surface area contributed by atoms with Crippen LogP contribution < -0.4 is 23.7 Å². The van der Waals surface area contributed by atoms with Crippen LogP contribution in [0.2, 0.25) is 0 Å². The summed E-state index contributed by atoms with van der Waals surface area (Å²) in [4.78, 5) is 0. The second-order valence-electron chi connectivity index (χ2n) is 7.51. The van der Waals surface area contributed by atoms with Crippen LogP contribution >= 0.6 is 0 Å². The van der Waals surface area contributed by atoms with Crippen LogP contribution in [-0.2, 0) is 11.2 Å². The summed E-state index contributed by atoms with van der Waals surface area (Å²) < 4.78 is 33.8. The molecule has 1 unspecified atom stereocenters. The maximum atomic E-state index is 5.90. The van der Waals surface area contributed by atoms with E-state index in [1.807, 2.05) is 12.1 Å². The molecule has 0 radical (unpaired) electrons. The van der Waals surface area contributed by atoms with Crippen LogP contribution in [0.15, 0.2) is 24.3 Å². The van der Waals surface area contributed by atoms with E-state index in [0.29, 0.717) is 29.1 Å². The van der Waals surface area contributed by atoms with Crippen LogP contribution in [0.4, 0.5) is 0 Å². The Morgan fingerprint density at radius 2 is 1.34 bits per heavy atom. The maximum Gasteiger partial charge on any atom is 0.203 e. The van der Waals surface area contributed by atoms with E-state index in [1.54, 1.807) is 35.5 Å². The third-order valence-electron chi connectivity index (χ3n) is 6.18. The van der Waals surface area contributed by atoms with E-state index in [9.17, 15) is 0 Å². The summed E-state index contributed by atoms with van der Waals surface area (Å²) in [6, 6.07) is 8.31. The minimum Gasteiger partial charge on any atom is -0.493 e.